The van der Waals surface area contributed by atoms with E-state index in [-0.39, 0.29) is 0 Å². The Morgan fingerprint density at radius 1 is 1.47 bits per heavy atom. The molecule has 0 aliphatic carbocycles. The van der Waals surface area contributed by atoms with E-state index in [9.17, 15) is 4.79 Å². The highest BCUT2D eigenvalue weighted by atomic mass is 32.1. The summed E-state index contributed by atoms with van der Waals surface area (Å²) in [5.74, 6) is -0.0458. The number of likely N-dealkylation sites (tertiary alicyclic amines) is 1. The first kappa shape index (κ1) is 12.6. The second-order valence-electron chi connectivity index (χ2n) is 4.78. The fourth-order valence-electron chi connectivity index (χ4n) is 2.40. The van der Waals surface area contributed by atoms with E-state index < -0.39 is 5.97 Å². The third-order valence-electron chi connectivity index (χ3n) is 3.46. The fraction of sp³-hybridized carbons (Fsp3) is 0.615. The molecule has 0 bridgehead atoms. The number of thiophene rings is 1. The van der Waals surface area contributed by atoms with Crippen molar-refractivity contribution in [1.82, 2.24) is 4.90 Å². The number of rotatable bonds is 5. The summed E-state index contributed by atoms with van der Waals surface area (Å²) in [6, 6.07) is 2.18. The van der Waals surface area contributed by atoms with Crippen LogP contribution in [0.3, 0.4) is 0 Å². The third-order valence-corrected chi connectivity index (χ3v) is 4.19. The van der Waals surface area contributed by atoms with Crippen LogP contribution in [0.5, 0.6) is 0 Å². The Labute approximate surface area is 106 Å². The molecule has 1 aromatic heterocycles. The largest absolute Gasteiger partial charge is 0.481 e. The molecule has 1 aliphatic heterocycles. The monoisotopic (exact) mass is 253 g/mol. The smallest absolute Gasteiger partial charge is 0.303 e. The molecular formula is C13H19NO2S. The first-order valence-corrected chi connectivity index (χ1v) is 7.13. The Balaban J connectivity index is 1.69. The molecule has 2 heterocycles. The first-order valence-electron chi connectivity index (χ1n) is 6.19. The number of carboxylic acids is 1. The molecule has 1 aromatic rings. The zero-order valence-corrected chi connectivity index (χ0v) is 10.8. The maximum absolute atomic E-state index is 10.5. The second-order valence-corrected chi connectivity index (χ2v) is 5.56. The molecule has 1 saturated heterocycles. The van der Waals surface area contributed by atoms with Crippen molar-refractivity contribution in [3.05, 3.63) is 22.4 Å². The lowest BCUT2D eigenvalue weighted by molar-refractivity contribution is -0.137. The molecule has 0 radical (unpaired) electrons. The van der Waals surface area contributed by atoms with E-state index in [4.69, 9.17) is 5.11 Å². The highest BCUT2D eigenvalue weighted by Gasteiger charge is 2.19. The number of piperidine rings is 1. The van der Waals surface area contributed by atoms with E-state index in [0.717, 1.165) is 38.9 Å². The summed E-state index contributed by atoms with van der Waals surface area (Å²) in [4.78, 5) is 13.0. The molecule has 0 aromatic carbocycles. The topological polar surface area (TPSA) is 40.5 Å². The lowest BCUT2D eigenvalue weighted by Gasteiger charge is -2.31. The van der Waals surface area contributed by atoms with Crippen LogP contribution in [0.25, 0.3) is 0 Å². The predicted molar refractivity (Wildman–Crippen MR) is 69.2 cm³/mol. The molecule has 0 saturated carbocycles. The fourth-order valence-corrected chi connectivity index (χ4v) is 3.06. The van der Waals surface area contributed by atoms with E-state index in [2.05, 4.69) is 21.7 Å². The number of aliphatic carboxylic acids is 1. The molecular weight excluding hydrogens is 234 g/mol. The molecule has 17 heavy (non-hydrogen) atoms. The van der Waals surface area contributed by atoms with Crippen molar-refractivity contribution in [3.8, 4) is 0 Å². The van der Waals surface area contributed by atoms with E-state index in [1.165, 1.54) is 5.56 Å². The molecule has 3 nitrogen and oxygen atoms in total. The van der Waals surface area contributed by atoms with Gasteiger partial charge in [0.15, 0.2) is 0 Å². The zero-order chi connectivity index (χ0) is 12.1. The molecule has 0 unspecified atom stereocenters. The van der Waals surface area contributed by atoms with Gasteiger partial charge in [-0.15, -0.1) is 0 Å². The van der Waals surface area contributed by atoms with E-state index in [1.54, 1.807) is 11.3 Å². The van der Waals surface area contributed by atoms with Gasteiger partial charge in [-0.05, 0) is 60.7 Å². The Morgan fingerprint density at radius 3 is 2.82 bits per heavy atom. The van der Waals surface area contributed by atoms with Crippen LogP contribution in [0.4, 0.5) is 0 Å². The Bertz CT molecular complexity index is 342. The van der Waals surface area contributed by atoms with Gasteiger partial charge in [0.25, 0.3) is 0 Å². The SMILES string of the molecule is O=C(O)CCC1CCN(Cc2ccsc2)CC1. The average molecular weight is 253 g/mol. The van der Waals surface area contributed by atoms with Gasteiger partial charge in [0, 0.05) is 13.0 Å². The summed E-state index contributed by atoms with van der Waals surface area (Å²) in [6.45, 7) is 3.27. The van der Waals surface area contributed by atoms with Gasteiger partial charge in [0.05, 0.1) is 0 Å². The molecule has 94 valence electrons. The number of carboxylic acid groups (broad SMARTS) is 1. The van der Waals surface area contributed by atoms with Crippen LogP contribution in [0.1, 0.15) is 31.2 Å². The van der Waals surface area contributed by atoms with Gasteiger partial charge in [-0.3, -0.25) is 9.69 Å². The molecule has 0 spiro atoms. The van der Waals surface area contributed by atoms with Crippen LogP contribution in [0, 0.1) is 5.92 Å². The molecule has 0 amide bonds. The maximum atomic E-state index is 10.5. The summed E-state index contributed by atoms with van der Waals surface area (Å²) in [5, 5.41) is 13.0. The first-order chi connectivity index (χ1) is 8.24. The van der Waals surface area contributed by atoms with Gasteiger partial charge >= 0.3 is 5.97 Å². The third kappa shape index (κ3) is 4.13. The predicted octanol–water partition coefficient (Wildman–Crippen LogP) is 2.82. The Hall–Kier alpha value is -0.870. The lowest BCUT2D eigenvalue weighted by Crippen LogP contribution is -2.33. The van der Waals surface area contributed by atoms with Crippen LogP contribution in [-0.2, 0) is 11.3 Å². The van der Waals surface area contributed by atoms with Crippen LogP contribution in [-0.4, -0.2) is 29.1 Å². The summed E-state index contributed by atoms with van der Waals surface area (Å²) in [7, 11) is 0. The van der Waals surface area contributed by atoms with Crippen molar-refractivity contribution in [2.75, 3.05) is 13.1 Å². The van der Waals surface area contributed by atoms with Gasteiger partial charge in [0.1, 0.15) is 0 Å². The summed E-state index contributed by atoms with van der Waals surface area (Å²) in [6.07, 6.45) is 3.48. The van der Waals surface area contributed by atoms with Crippen molar-refractivity contribution in [2.45, 2.75) is 32.2 Å². The highest BCUT2D eigenvalue weighted by Crippen LogP contribution is 2.23. The zero-order valence-electron chi connectivity index (χ0n) is 9.97. The van der Waals surface area contributed by atoms with E-state index in [1.807, 2.05) is 0 Å². The van der Waals surface area contributed by atoms with Crippen molar-refractivity contribution >= 4 is 17.3 Å². The van der Waals surface area contributed by atoms with Crippen molar-refractivity contribution in [3.63, 3.8) is 0 Å². The lowest BCUT2D eigenvalue weighted by atomic mass is 9.92. The van der Waals surface area contributed by atoms with Crippen LogP contribution < -0.4 is 0 Å². The van der Waals surface area contributed by atoms with Gasteiger partial charge in [-0.1, -0.05) is 0 Å². The molecule has 0 atom stereocenters. The Morgan fingerprint density at radius 2 is 2.24 bits per heavy atom. The van der Waals surface area contributed by atoms with Crippen LogP contribution >= 0.6 is 11.3 Å². The van der Waals surface area contributed by atoms with Crippen LogP contribution in [0.2, 0.25) is 0 Å². The van der Waals surface area contributed by atoms with Crippen molar-refractivity contribution < 1.29 is 9.90 Å². The molecule has 4 heteroatoms. The van der Waals surface area contributed by atoms with Crippen molar-refractivity contribution in [1.29, 1.82) is 0 Å². The number of hydrogen-bond donors (Lipinski definition) is 1. The standard InChI is InChI=1S/C13H19NO2S/c15-13(16)2-1-11-3-6-14(7-4-11)9-12-5-8-17-10-12/h5,8,10-11H,1-4,6-7,9H2,(H,15,16). The second kappa shape index (κ2) is 6.17. The summed E-state index contributed by atoms with van der Waals surface area (Å²) < 4.78 is 0. The quantitative estimate of drug-likeness (QED) is 0.877. The average Bonchev–Trinajstić information content (AvgIpc) is 2.81. The van der Waals surface area contributed by atoms with Gasteiger partial charge < -0.3 is 5.11 Å². The minimum absolute atomic E-state index is 0.329. The molecule has 1 aliphatic rings. The van der Waals surface area contributed by atoms with Crippen molar-refractivity contribution in [2.24, 2.45) is 5.92 Å². The van der Waals surface area contributed by atoms with Gasteiger partial charge in [0.2, 0.25) is 0 Å². The molecule has 2 rings (SSSR count). The number of nitrogens with zero attached hydrogens (tertiary/aromatic N) is 1. The van der Waals surface area contributed by atoms with E-state index >= 15 is 0 Å². The number of hydrogen-bond acceptors (Lipinski definition) is 3. The molecule has 1 N–H and O–H groups in total. The summed E-state index contributed by atoms with van der Waals surface area (Å²) in [5.41, 5.74) is 1.40. The minimum atomic E-state index is -0.661. The molecule has 1 fully saturated rings. The maximum Gasteiger partial charge on any atom is 0.303 e. The number of carbonyl (C=O) groups is 1. The highest BCUT2D eigenvalue weighted by molar-refractivity contribution is 7.07. The Kier molecular flexibility index (Phi) is 4.57. The normalized spacial score (nSPS) is 18.4. The minimum Gasteiger partial charge on any atom is -0.481 e. The van der Waals surface area contributed by atoms with Gasteiger partial charge in [-0.25, -0.2) is 0 Å². The summed E-state index contributed by atoms with van der Waals surface area (Å²) >= 11 is 1.75. The van der Waals surface area contributed by atoms with Crippen LogP contribution in [0.15, 0.2) is 16.8 Å². The van der Waals surface area contributed by atoms with Gasteiger partial charge in [-0.2, -0.15) is 11.3 Å². The van der Waals surface area contributed by atoms with E-state index in [0.29, 0.717) is 12.3 Å².